The van der Waals surface area contributed by atoms with Gasteiger partial charge >= 0.3 is 0 Å². The summed E-state index contributed by atoms with van der Waals surface area (Å²) < 4.78 is 0. The lowest BCUT2D eigenvalue weighted by molar-refractivity contribution is 0.385. The first-order chi connectivity index (χ1) is 8.83. The second-order valence-electron chi connectivity index (χ2n) is 5.25. The molecule has 3 heteroatoms. The highest BCUT2D eigenvalue weighted by atomic mass is 32.2. The van der Waals surface area contributed by atoms with Crippen molar-refractivity contribution in [2.75, 3.05) is 0 Å². The summed E-state index contributed by atoms with van der Waals surface area (Å²) in [5.41, 5.74) is 2.79. The van der Waals surface area contributed by atoms with E-state index in [-0.39, 0.29) is 0 Å². The van der Waals surface area contributed by atoms with E-state index in [9.17, 15) is 0 Å². The summed E-state index contributed by atoms with van der Waals surface area (Å²) in [4.78, 5) is 4.82. The standard InChI is InChI=1S/C15H20N2S/c1-11-6-2-3-7-12(11)10-18-15-16-13-8-4-5-9-14(13)17-15/h2-3,6-7,13-14H,4-5,8-10H2,1H3,(H,16,17)/t13-,14-/m0/s1. The number of aliphatic imine (C=N–C) groups is 1. The van der Waals surface area contributed by atoms with Gasteiger partial charge in [0.05, 0.1) is 12.1 Å². The van der Waals surface area contributed by atoms with Crippen LogP contribution in [0.25, 0.3) is 0 Å². The van der Waals surface area contributed by atoms with E-state index in [1.54, 1.807) is 0 Å². The Morgan fingerprint density at radius 2 is 2.11 bits per heavy atom. The third-order valence-electron chi connectivity index (χ3n) is 3.95. The summed E-state index contributed by atoms with van der Waals surface area (Å²) in [5, 5.41) is 4.76. The van der Waals surface area contributed by atoms with Gasteiger partial charge in [0, 0.05) is 5.75 Å². The van der Waals surface area contributed by atoms with Crippen molar-refractivity contribution in [1.29, 1.82) is 0 Å². The minimum atomic E-state index is 0.554. The molecular formula is C15H20N2S. The minimum absolute atomic E-state index is 0.554. The quantitative estimate of drug-likeness (QED) is 0.880. The molecule has 1 aromatic rings. The monoisotopic (exact) mass is 260 g/mol. The first-order valence-electron chi connectivity index (χ1n) is 6.84. The number of aryl methyl sites for hydroxylation is 1. The lowest BCUT2D eigenvalue weighted by Crippen LogP contribution is -2.36. The van der Waals surface area contributed by atoms with Crippen LogP contribution in [-0.4, -0.2) is 17.3 Å². The van der Waals surface area contributed by atoms with Crippen LogP contribution in [0.5, 0.6) is 0 Å². The molecular weight excluding hydrogens is 240 g/mol. The molecule has 2 atom stereocenters. The number of thioether (sulfide) groups is 1. The van der Waals surface area contributed by atoms with Gasteiger partial charge in [-0.25, -0.2) is 0 Å². The van der Waals surface area contributed by atoms with Crippen LogP contribution in [0.2, 0.25) is 0 Å². The second kappa shape index (κ2) is 5.35. The van der Waals surface area contributed by atoms with Gasteiger partial charge in [-0.05, 0) is 30.9 Å². The fraction of sp³-hybridized carbons (Fsp3) is 0.533. The first-order valence-corrected chi connectivity index (χ1v) is 7.83. The van der Waals surface area contributed by atoms with Crippen molar-refractivity contribution in [1.82, 2.24) is 5.32 Å². The molecule has 0 aromatic heterocycles. The molecule has 0 bridgehead atoms. The number of amidine groups is 1. The first kappa shape index (κ1) is 12.1. The molecule has 0 saturated heterocycles. The highest BCUT2D eigenvalue weighted by molar-refractivity contribution is 8.13. The predicted molar refractivity (Wildman–Crippen MR) is 79.1 cm³/mol. The van der Waals surface area contributed by atoms with Gasteiger partial charge in [0.2, 0.25) is 0 Å². The number of nitrogens with one attached hydrogen (secondary N) is 1. The van der Waals surface area contributed by atoms with Gasteiger partial charge in [-0.1, -0.05) is 48.9 Å². The smallest absolute Gasteiger partial charge is 0.157 e. The molecule has 1 heterocycles. The average molecular weight is 260 g/mol. The molecule has 0 amide bonds. The van der Waals surface area contributed by atoms with E-state index >= 15 is 0 Å². The van der Waals surface area contributed by atoms with Gasteiger partial charge in [-0.3, -0.25) is 4.99 Å². The molecule has 2 nitrogen and oxygen atoms in total. The maximum absolute atomic E-state index is 4.82. The highest BCUT2D eigenvalue weighted by Gasteiger charge is 2.30. The molecule has 3 rings (SSSR count). The zero-order valence-corrected chi connectivity index (χ0v) is 11.7. The molecule has 1 saturated carbocycles. The van der Waals surface area contributed by atoms with Crippen LogP contribution in [-0.2, 0) is 5.75 Å². The number of hydrogen-bond donors (Lipinski definition) is 1. The fourth-order valence-corrected chi connectivity index (χ4v) is 3.84. The van der Waals surface area contributed by atoms with E-state index < -0.39 is 0 Å². The normalized spacial score (nSPS) is 26.4. The fourth-order valence-electron chi connectivity index (χ4n) is 2.78. The van der Waals surface area contributed by atoms with E-state index in [1.165, 1.54) is 36.8 Å². The Kier molecular flexibility index (Phi) is 3.59. The van der Waals surface area contributed by atoms with Gasteiger partial charge in [-0.15, -0.1) is 0 Å². The van der Waals surface area contributed by atoms with Crippen molar-refractivity contribution < 1.29 is 0 Å². The maximum atomic E-state index is 4.82. The van der Waals surface area contributed by atoms with Crippen molar-refractivity contribution >= 4 is 16.9 Å². The van der Waals surface area contributed by atoms with Gasteiger partial charge in [0.25, 0.3) is 0 Å². The van der Waals surface area contributed by atoms with Gasteiger partial charge in [-0.2, -0.15) is 0 Å². The predicted octanol–water partition coefficient (Wildman–Crippen LogP) is 3.50. The molecule has 0 unspecified atom stereocenters. The number of fused-ring (bicyclic) bond motifs is 1. The zero-order chi connectivity index (χ0) is 12.4. The Hall–Kier alpha value is -0.960. The average Bonchev–Trinajstić information content (AvgIpc) is 2.80. The van der Waals surface area contributed by atoms with E-state index in [0.29, 0.717) is 12.1 Å². The minimum Gasteiger partial charge on any atom is -0.360 e. The van der Waals surface area contributed by atoms with Gasteiger partial charge in [0.15, 0.2) is 5.17 Å². The van der Waals surface area contributed by atoms with Crippen LogP contribution in [0.3, 0.4) is 0 Å². The largest absolute Gasteiger partial charge is 0.360 e. The summed E-state index contributed by atoms with van der Waals surface area (Å²) >= 11 is 1.86. The zero-order valence-electron chi connectivity index (χ0n) is 10.9. The highest BCUT2D eigenvalue weighted by Crippen LogP contribution is 2.28. The summed E-state index contributed by atoms with van der Waals surface area (Å²) in [5.74, 6) is 1.03. The van der Waals surface area contributed by atoms with Gasteiger partial charge < -0.3 is 5.32 Å². The molecule has 1 aromatic carbocycles. The van der Waals surface area contributed by atoms with Crippen LogP contribution in [0, 0.1) is 6.92 Å². The Bertz CT molecular complexity index is 456. The third-order valence-corrected chi connectivity index (χ3v) is 4.90. The van der Waals surface area contributed by atoms with E-state index in [4.69, 9.17) is 4.99 Å². The number of rotatable bonds is 2. The summed E-state index contributed by atoms with van der Waals surface area (Å²) in [6, 6.07) is 9.79. The van der Waals surface area contributed by atoms with E-state index in [2.05, 4.69) is 36.5 Å². The molecule has 1 fully saturated rings. The number of benzene rings is 1. The summed E-state index contributed by atoms with van der Waals surface area (Å²) in [6.45, 7) is 2.18. The molecule has 0 spiro atoms. The van der Waals surface area contributed by atoms with E-state index in [0.717, 1.165) is 10.9 Å². The van der Waals surface area contributed by atoms with Crippen molar-refractivity contribution in [2.24, 2.45) is 4.99 Å². The van der Waals surface area contributed by atoms with Crippen molar-refractivity contribution in [3.63, 3.8) is 0 Å². The van der Waals surface area contributed by atoms with Gasteiger partial charge in [0.1, 0.15) is 0 Å². The van der Waals surface area contributed by atoms with Crippen LogP contribution in [0.15, 0.2) is 29.3 Å². The molecule has 96 valence electrons. The Balaban J connectivity index is 1.60. The number of nitrogens with zero attached hydrogens (tertiary/aromatic N) is 1. The topological polar surface area (TPSA) is 24.4 Å². The van der Waals surface area contributed by atoms with Crippen LogP contribution < -0.4 is 5.32 Å². The molecule has 2 aliphatic rings. The third kappa shape index (κ3) is 2.56. The van der Waals surface area contributed by atoms with Crippen molar-refractivity contribution in [3.05, 3.63) is 35.4 Å². The second-order valence-corrected chi connectivity index (χ2v) is 6.22. The summed E-state index contributed by atoms with van der Waals surface area (Å²) in [6.07, 6.45) is 5.27. The van der Waals surface area contributed by atoms with Crippen LogP contribution in [0.1, 0.15) is 36.8 Å². The van der Waals surface area contributed by atoms with Crippen LogP contribution >= 0.6 is 11.8 Å². The Morgan fingerprint density at radius 1 is 1.28 bits per heavy atom. The molecule has 18 heavy (non-hydrogen) atoms. The number of hydrogen-bond acceptors (Lipinski definition) is 3. The SMILES string of the molecule is Cc1ccccc1CSC1=N[C@H]2CCCC[C@@H]2N1. The Labute approximate surface area is 113 Å². The molecule has 0 radical (unpaired) electrons. The van der Waals surface area contributed by atoms with Crippen molar-refractivity contribution in [2.45, 2.75) is 50.4 Å². The van der Waals surface area contributed by atoms with E-state index in [1.807, 2.05) is 11.8 Å². The summed E-state index contributed by atoms with van der Waals surface area (Å²) in [7, 11) is 0. The molecule has 1 aliphatic heterocycles. The molecule has 1 N–H and O–H groups in total. The maximum Gasteiger partial charge on any atom is 0.157 e. The Morgan fingerprint density at radius 3 is 2.94 bits per heavy atom. The lowest BCUT2D eigenvalue weighted by Gasteiger charge is -2.23. The molecule has 1 aliphatic carbocycles. The van der Waals surface area contributed by atoms with Crippen LogP contribution in [0.4, 0.5) is 0 Å². The lowest BCUT2D eigenvalue weighted by atomic mass is 9.92. The van der Waals surface area contributed by atoms with Crippen molar-refractivity contribution in [3.8, 4) is 0 Å².